The van der Waals surface area contributed by atoms with Crippen molar-refractivity contribution in [3.63, 3.8) is 0 Å². The van der Waals surface area contributed by atoms with Crippen LogP contribution < -0.4 is 0 Å². The van der Waals surface area contributed by atoms with E-state index in [0.29, 0.717) is 34.0 Å². The van der Waals surface area contributed by atoms with E-state index in [2.05, 4.69) is 15.0 Å². The Labute approximate surface area is 188 Å². The molecule has 0 aliphatic heterocycles. The van der Waals surface area contributed by atoms with Gasteiger partial charge in [-0.3, -0.25) is 9.79 Å². The molecule has 0 aromatic carbocycles. The Morgan fingerprint density at radius 2 is 2.00 bits per heavy atom. The summed E-state index contributed by atoms with van der Waals surface area (Å²) in [6.45, 7) is 0. The van der Waals surface area contributed by atoms with Gasteiger partial charge < -0.3 is 14.7 Å². The Bertz CT molecular complexity index is 1420. The number of hydrogen-bond acceptors (Lipinski definition) is 5. The normalized spacial score (nSPS) is 24.9. The summed E-state index contributed by atoms with van der Waals surface area (Å²) in [6, 6.07) is 1.42. The Kier molecular flexibility index (Phi) is 4.53. The molecule has 3 saturated carbocycles. The molecule has 0 saturated heterocycles. The lowest BCUT2D eigenvalue weighted by atomic mass is 9.59. The molecule has 168 valence electrons. The fourth-order valence-corrected chi connectivity index (χ4v) is 5.78. The molecule has 2 N–H and O–H groups in total. The summed E-state index contributed by atoms with van der Waals surface area (Å²) in [6.07, 6.45) is 12.5. The predicted molar refractivity (Wildman–Crippen MR) is 122 cm³/mol. The first kappa shape index (κ1) is 20.0. The van der Waals surface area contributed by atoms with E-state index in [1.807, 2.05) is 24.0 Å². The van der Waals surface area contributed by atoms with Crippen molar-refractivity contribution in [1.82, 2.24) is 24.5 Å². The smallest absolute Gasteiger partial charge is 0.307 e. The number of aliphatic imine (C=N–C) groups is 1. The molecule has 9 heteroatoms. The summed E-state index contributed by atoms with van der Waals surface area (Å²) in [5, 5.41) is 11.2. The highest BCUT2D eigenvalue weighted by Crippen LogP contribution is 2.48. The second-order valence-corrected chi connectivity index (χ2v) is 9.20. The number of fused-ring (bicyclic) bond motifs is 5. The van der Waals surface area contributed by atoms with Gasteiger partial charge in [0.25, 0.3) is 0 Å². The van der Waals surface area contributed by atoms with Crippen LogP contribution in [-0.2, 0) is 11.8 Å². The quantitative estimate of drug-likeness (QED) is 0.449. The molecule has 0 radical (unpaired) electrons. The molecular weight excluding hydrogens is 423 g/mol. The third-order valence-corrected chi connectivity index (χ3v) is 7.39. The number of halogens is 1. The molecule has 8 nitrogen and oxygen atoms in total. The number of hydrogen-bond donors (Lipinski definition) is 2. The highest BCUT2D eigenvalue weighted by Gasteiger charge is 2.46. The van der Waals surface area contributed by atoms with Crippen LogP contribution in [0.4, 0.5) is 10.1 Å². The third kappa shape index (κ3) is 3.21. The van der Waals surface area contributed by atoms with Gasteiger partial charge in [0.15, 0.2) is 5.82 Å². The maximum Gasteiger partial charge on any atom is 0.307 e. The number of aryl methyl sites for hydroxylation is 1. The summed E-state index contributed by atoms with van der Waals surface area (Å²) in [5.74, 6) is -0.429. The SMILES string of the molecule is Cn1cc(N=CC2C3CCC(CC3)[C@@H]2C(=O)O)c2cnc(-c3c[nH]c4ncc(F)cc34)nc21. The second kappa shape index (κ2) is 7.47. The van der Waals surface area contributed by atoms with Crippen LogP contribution in [0.15, 0.2) is 35.8 Å². The summed E-state index contributed by atoms with van der Waals surface area (Å²) in [7, 11) is 1.89. The molecule has 1 unspecified atom stereocenters. The van der Waals surface area contributed by atoms with Crippen LogP contribution in [0.5, 0.6) is 0 Å². The fraction of sp³-hybridized carbons (Fsp3) is 0.375. The van der Waals surface area contributed by atoms with Gasteiger partial charge in [-0.25, -0.2) is 19.3 Å². The first-order valence-electron chi connectivity index (χ1n) is 11.2. The Hall–Kier alpha value is -3.62. The number of aromatic nitrogens is 5. The lowest BCUT2D eigenvalue weighted by Crippen LogP contribution is -2.44. The molecule has 3 fully saturated rings. The Morgan fingerprint density at radius 1 is 1.21 bits per heavy atom. The first-order chi connectivity index (χ1) is 16.0. The van der Waals surface area contributed by atoms with E-state index in [-0.39, 0.29) is 17.8 Å². The Balaban J connectivity index is 1.37. The number of carboxylic acids is 1. The minimum Gasteiger partial charge on any atom is -0.481 e. The lowest BCUT2D eigenvalue weighted by Gasteiger charge is -2.45. The zero-order chi connectivity index (χ0) is 22.7. The van der Waals surface area contributed by atoms with E-state index in [0.717, 1.165) is 36.8 Å². The zero-order valence-corrected chi connectivity index (χ0v) is 18.1. The number of rotatable bonds is 4. The van der Waals surface area contributed by atoms with Gasteiger partial charge in [-0.15, -0.1) is 0 Å². The van der Waals surface area contributed by atoms with Crippen molar-refractivity contribution in [2.45, 2.75) is 25.7 Å². The van der Waals surface area contributed by atoms with Crippen molar-refractivity contribution in [3.05, 3.63) is 36.7 Å². The third-order valence-electron chi connectivity index (χ3n) is 7.39. The molecule has 0 spiro atoms. The number of nitrogens with one attached hydrogen (secondary N) is 1. The van der Waals surface area contributed by atoms with Gasteiger partial charge in [0.2, 0.25) is 0 Å². The minimum atomic E-state index is -0.712. The van der Waals surface area contributed by atoms with E-state index in [1.54, 1.807) is 12.4 Å². The van der Waals surface area contributed by atoms with Crippen LogP contribution in [0, 0.1) is 29.5 Å². The minimum absolute atomic E-state index is 0.0425. The number of aromatic amines is 1. The average molecular weight is 446 g/mol. The van der Waals surface area contributed by atoms with E-state index in [4.69, 9.17) is 9.98 Å². The summed E-state index contributed by atoms with van der Waals surface area (Å²) < 4.78 is 15.6. The van der Waals surface area contributed by atoms with Crippen LogP contribution in [0.3, 0.4) is 0 Å². The first-order valence-corrected chi connectivity index (χ1v) is 11.2. The van der Waals surface area contributed by atoms with Crippen LogP contribution in [0.25, 0.3) is 33.5 Å². The molecule has 2 atom stereocenters. The summed E-state index contributed by atoms with van der Waals surface area (Å²) in [4.78, 5) is 33.0. The second-order valence-electron chi connectivity index (χ2n) is 9.20. The molecule has 4 heterocycles. The summed E-state index contributed by atoms with van der Waals surface area (Å²) >= 11 is 0. The van der Waals surface area contributed by atoms with Crippen LogP contribution >= 0.6 is 0 Å². The average Bonchev–Trinajstić information content (AvgIpc) is 3.38. The van der Waals surface area contributed by atoms with Gasteiger partial charge in [0.1, 0.15) is 17.1 Å². The molecule has 3 aliphatic carbocycles. The number of carboxylic acid groups (broad SMARTS) is 1. The monoisotopic (exact) mass is 446 g/mol. The highest BCUT2D eigenvalue weighted by atomic mass is 19.1. The largest absolute Gasteiger partial charge is 0.481 e. The van der Waals surface area contributed by atoms with Gasteiger partial charge in [-0.1, -0.05) is 0 Å². The standard InChI is InChI=1S/C24H23FN6O2/c1-31-11-19(26-8-16-12-2-4-13(5-3-12)20(16)24(32)33)18-10-29-22(30-23(18)31)17-9-28-21-15(17)6-14(25)7-27-21/h6-13,16,20H,2-5H2,1H3,(H,27,28)(H,32,33)/t12?,13?,16?,20-/m0/s1. The number of nitrogens with zero attached hydrogens (tertiary/aromatic N) is 5. The topological polar surface area (TPSA) is 109 Å². The van der Waals surface area contributed by atoms with Gasteiger partial charge >= 0.3 is 5.97 Å². The molecule has 3 aliphatic rings. The van der Waals surface area contributed by atoms with Crippen molar-refractivity contribution in [2.75, 3.05) is 0 Å². The van der Waals surface area contributed by atoms with Crippen molar-refractivity contribution in [1.29, 1.82) is 0 Å². The van der Waals surface area contributed by atoms with Gasteiger partial charge in [-0.05, 0) is 43.6 Å². The molecular formula is C24H23FN6O2. The van der Waals surface area contributed by atoms with Crippen molar-refractivity contribution < 1.29 is 14.3 Å². The van der Waals surface area contributed by atoms with Crippen LogP contribution in [-0.4, -0.2) is 41.8 Å². The zero-order valence-electron chi connectivity index (χ0n) is 18.1. The van der Waals surface area contributed by atoms with Crippen LogP contribution in [0.2, 0.25) is 0 Å². The van der Waals surface area contributed by atoms with Crippen molar-refractivity contribution >= 4 is 39.9 Å². The molecule has 4 aromatic heterocycles. The van der Waals surface area contributed by atoms with E-state index in [9.17, 15) is 14.3 Å². The molecule has 33 heavy (non-hydrogen) atoms. The Morgan fingerprint density at radius 3 is 2.79 bits per heavy atom. The van der Waals surface area contributed by atoms with E-state index >= 15 is 0 Å². The predicted octanol–water partition coefficient (Wildman–Crippen LogP) is 4.49. The highest BCUT2D eigenvalue weighted by molar-refractivity contribution is 5.95. The number of aliphatic carboxylic acids is 1. The van der Waals surface area contributed by atoms with Crippen LogP contribution in [0.1, 0.15) is 25.7 Å². The van der Waals surface area contributed by atoms with Crippen molar-refractivity contribution in [2.24, 2.45) is 35.7 Å². The number of pyridine rings is 1. The number of carbonyl (C=O) groups is 1. The lowest BCUT2D eigenvalue weighted by molar-refractivity contribution is -0.149. The number of H-pyrrole nitrogens is 1. The maximum atomic E-state index is 13.7. The molecule has 7 rings (SSSR count). The summed E-state index contributed by atoms with van der Waals surface area (Å²) in [5.41, 5.74) is 2.66. The van der Waals surface area contributed by atoms with Crippen molar-refractivity contribution in [3.8, 4) is 11.4 Å². The van der Waals surface area contributed by atoms with E-state index in [1.165, 1.54) is 12.3 Å². The maximum absolute atomic E-state index is 13.7. The fourth-order valence-electron chi connectivity index (χ4n) is 5.78. The van der Waals surface area contributed by atoms with Gasteiger partial charge in [-0.2, -0.15) is 0 Å². The van der Waals surface area contributed by atoms with Gasteiger partial charge in [0.05, 0.1) is 23.2 Å². The van der Waals surface area contributed by atoms with Gasteiger partial charge in [0, 0.05) is 48.7 Å². The molecule has 0 amide bonds. The molecule has 4 aromatic rings. The van der Waals surface area contributed by atoms with E-state index < -0.39 is 11.8 Å². The molecule has 2 bridgehead atoms.